The van der Waals surface area contributed by atoms with Gasteiger partial charge in [0.15, 0.2) is 0 Å². The molecule has 0 aliphatic heterocycles. The highest BCUT2D eigenvalue weighted by Gasteiger charge is 2.08. The summed E-state index contributed by atoms with van der Waals surface area (Å²) in [6, 6.07) is 18.6. The standard InChI is InChI=1S/C18H20Br2O/c19-14-16(13-15-8-10-17(20)11-9-15)5-4-12-21-18-6-2-1-3-7-18/h1-3,6-11,16H,4-5,12-14H2. The van der Waals surface area contributed by atoms with Crippen LogP contribution in [0.3, 0.4) is 0 Å². The fourth-order valence-corrected chi connectivity index (χ4v) is 3.08. The molecule has 0 N–H and O–H groups in total. The molecule has 0 saturated carbocycles. The molecule has 0 amide bonds. The molecule has 0 bridgehead atoms. The van der Waals surface area contributed by atoms with E-state index in [0.29, 0.717) is 5.92 Å². The van der Waals surface area contributed by atoms with Crippen molar-refractivity contribution >= 4 is 31.9 Å². The van der Waals surface area contributed by atoms with E-state index in [4.69, 9.17) is 4.74 Å². The highest BCUT2D eigenvalue weighted by molar-refractivity contribution is 9.10. The number of hydrogen-bond acceptors (Lipinski definition) is 1. The van der Waals surface area contributed by atoms with E-state index >= 15 is 0 Å². The van der Waals surface area contributed by atoms with Crippen LogP contribution in [0.4, 0.5) is 0 Å². The van der Waals surface area contributed by atoms with Crippen LogP contribution < -0.4 is 4.74 Å². The fourth-order valence-electron chi connectivity index (χ4n) is 2.27. The number of halogens is 2. The third-order valence-electron chi connectivity index (χ3n) is 3.42. The zero-order valence-corrected chi connectivity index (χ0v) is 15.1. The molecule has 0 spiro atoms. The van der Waals surface area contributed by atoms with Gasteiger partial charge in [-0.1, -0.05) is 62.2 Å². The van der Waals surface area contributed by atoms with Crippen molar-refractivity contribution in [2.75, 3.05) is 11.9 Å². The Kier molecular flexibility index (Phi) is 7.31. The highest BCUT2D eigenvalue weighted by Crippen LogP contribution is 2.19. The molecule has 1 nitrogen and oxygen atoms in total. The first-order valence-corrected chi connectivity index (χ1v) is 9.17. The van der Waals surface area contributed by atoms with Gasteiger partial charge in [-0.05, 0) is 55.0 Å². The van der Waals surface area contributed by atoms with Crippen molar-refractivity contribution in [3.8, 4) is 5.75 Å². The number of para-hydroxylation sites is 1. The quantitative estimate of drug-likeness (QED) is 0.390. The predicted octanol–water partition coefficient (Wildman–Crippen LogP) is 5.86. The Morgan fingerprint density at radius 3 is 2.33 bits per heavy atom. The van der Waals surface area contributed by atoms with Crippen molar-refractivity contribution in [2.24, 2.45) is 5.92 Å². The van der Waals surface area contributed by atoms with Gasteiger partial charge in [0.1, 0.15) is 5.75 Å². The Balaban J connectivity index is 1.71. The predicted molar refractivity (Wildman–Crippen MR) is 96.3 cm³/mol. The molecule has 2 rings (SSSR count). The van der Waals surface area contributed by atoms with E-state index in [9.17, 15) is 0 Å². The molecular weight excluding hydrogens is 392 g/mol. The van der Waals surface area contributed by atoms with Crippen LogP contribution in [0, 0.1) is 5.92 Å². The first-order valence-electron chi connectivity index (χ1n) is 7.26. The van der Waals surface area contributed by atoms with Gasteiger partial charge in [-0.15, -0.1) is 0 Å². The number of hydrogen-bond donors (Lipinski definition) is 0. The van der Waals surface area contributed by atoms with Crippen LogP contribution in [0.5, 0.6) is 5.75 Å². The maximum atomic E-state index is 5.75. The zero-order valence-electron chi connectivity index (χ0n) is 12.0. The molecular formula is C18H20Br2O. The first kappa shape index (κ1) is 16.6. The third-order valence-corrected chi connectivity index (χ3v) is 4.87. The Morgan fingerprint density at radius 1 is 0.952 bits per heavy atom. The van der Waals surface area contributed by atoms with Gasteiger partial charge < -0.3 is 4.74 Å². The maximum absolute atomic E-state index is 5.75. The van der Waals surface area contributed by atoms with Crippen LogP contribution in [0.15, 0.2) is 59.1 Å². The van der Waals surface area contributed by atoms with Gasteiger partial charge in [0, 0.05) is 9.80 Å². The Morgan fingerprint density at radius 2 is 1.67 bits per heavy atom. The Hall–Kier alpha value is -0.800. The first-order chi connectivity index (χ1) is 10.3. The third kappa shape index (κ3) is 6.23. The summed E-state index contributed by atoms with van der Waals surface area (Å²) in [5, 5.41) is 1.04. The molecule has 0 aromatic heterocycles. The summed E-state index contributed by atoms with van der Waals surface area (Å²) in [7, 11) is 0. The number of benzene rings is 2. The molecule has 0 heterocycles. The summed E-state index contributed by atoms with van der Waals surface area (Å²) >= 11 is 7.11. The second-order valence-corrected chi connectivity index (χ2v) is 6.72. The normalized spacial score (nSPS) is 12.1. The second-order valence-electron chi connectivity index (χ2n) is 5.15. The van der Waals surface area contributed by atoms with E-state index in [-0.39, 0.29) is 0 Å². The summed E-state index contributed by atoms with van der Waals surface area (Å²) in [5.74, 6) is 1.62. The summed E-state index contributed by atoms with van der Waals surface area (Å²) in [4.78, 5) is 0. The van der Waals surface area contributed by atoms with E-state index in [1.165, 1.54) is 12.0 Å². The lowest BCUT2D eigenvalue weighted by molar-refractivity contribution is 0.295. The van der Waals surface area contributed by atoms with E-state index in [1.807, 2.05) is 30.3 Å². The fraction of sp³-hybridized carbons (Fsp3) is 0.333. The molecule has 21 heavy (non-hydrogen) atoms. The Labute approximate surface area is 144 Å². The van der Waals surface area contributed by atoms with Crippen LogP contribution in [-0.2, 0) is 6.42 Å². The van der Waals surface area contributed by atoms with Crippen molar-refractivity contribution in [1.29, 1.82) is 0 Å². The average Bonchev–Trinajstić information content (AvgIpc) is 2.53. The monoisotopic (exact) mass is 410 g/mol. The summed E-state index contributed by atoms with van der Waals surface area (Å²) in [6.07, 6.45) is 3.37. The van der Waals surface area contributed by atoms with E-state index in [0.717, 1.165) is 35.0 Å². The molecule has 112 valence electrons. The zero-order chi connectivity index (χ0) is 14.9. The molecule has 3 heteroatoms. The summed E-state index contributed by atoms with van der Waals surface area (Å²) in [6.45, 7) is 0.786. The van der Waals surface area contributed by atoms with Crippen molar-refractivity contribution in [2.45, 2.75) is 19.3 Å². The van der Waals surface area contributed by atoms with E-state index in [1.54, 1.807) is 0 Å². The van der Waals surface area contributed by atoms with Crippen LogP contribution in [0.25, 0.3) is 0 Å². The second kappa shape index (κ2) is 9.26. The lowest BCUT2D eigenvalue weighted by Crippen LogP contribution is -2.08. The minimum atomic E-state index is 0.658. The minimum absolute atomic E-state index is 0.658. The van der Waals surface area contributed by atoms with Gasteiger partial charge >= 0.3 is 0 Å². The molecule has 0 saturated heterocycles. The van der Waals surface area contributed by atoms with Crippen LogP contribution in [-0.4, -0.2) is 11.9 Å². The minimum Gasteiger partial charge on any atom is -0.494 e. The lowest BCUT2D eigenvalue weighted by atomic mass is 9.97. The van der Waals surface area contributed by atoms with Crippen molar-refractivity contribution in [1.82, 2.24) is 0 Å². The number of ether oxygens (including phenoxy) is 1. The van der Waals surface area contributed by atoms with E-state index in [2.05, 4.69) is 56.1 Å². The molecule has 2 aromatic rings. The summed E-state index contributed by atoms with van der Waals surface area (Å²) in [5.41, 5.74) is 1.40. The molecule has 2 aromatic carbocycles. The molecule has 0 aliphatic carbocycles. The molecule has 0 aliphatic rings. The smallest absolute Gasteiger partial charge is 0.119 e. The van der Waals surface area contributed by atoms with Crippen LogP contribution >= 0.6 is 31.9 Å². The van der Waals surface area contributed by atoms with Gasteiger partial charge in [-0.25, -0.2) is 0 Å². The van der Waals surface area contributed by atoms with Crippen LogP contribution in [0.2, 0.25) is 0 Å². The number of rotatable bonds is 8. The van der Waals surface area contributed by atoms with Crippen LogP contribution in [0.1, 0.15) is 18.4 Å². The largest absolute Gasteiger partial charge is 0.494 e. The van der Waals surface area contributed by atoms with E-state index < -0.39 is 0 Å². The topological polar surface area (TPSA) is 9.23 Å². The van der Waals surface area contributed by atoms with Crippen molar-refractivity contribution in [3.05, 3.63) is 64.6 Å². The van der Waals surface area contributed by atoms with Gasteiger partial charge in [-0.3, -0.25) is 0 Å². The molecule has 0 radical (unpaired) electrons. The summed E-state index contributed by atoms with van der Waals surface area (Å²) < 4.78 is 6.88. The van der Waals surface area contributed by atoms with Gasteiger partial charge in [0.2, 0.25) is 0 Å². The van der Waals surface area contributed by atoms with Crippen molar-refractivity contribution < 1.29 is 4.74 Å². The molecule has 1 unspecified atom stereocenters. The highest BCUT2D eigenvalue weighted by atomic mass is 79.9. The molecule has 1 atom stereocenters. The van der Waals surface area contributed by atoms with Gasteiger partial charge in [0.05, 0.1) is 6.61 Å². The maximum Gasteiger partial charge on any atom is 0.119 e. The van der Waals surface area contributed by atoms with Gasteiger partial charge in [0.25, 0.3) is 0 Å². The Bertz CT molecular complexity index is 511. The van der Waals surface area contributed by atoms with Gasteiger partial charge in [-0.2, -0.15) is 0 Å². The van der Waals surface area contributed by atoms with Crippen molar-refractivity contribution in [3.63, 3.8) is 0 Å². The number of alkyl halides is 1. The molecule has 0 fully saturated rings. The SMILES string of the molecule is BrCC(CCCOc1ccccc1)Cc1ccc(Br)cc1. The lowest BCUT2D eigenvalue weighted by Gasteiger charge is -2.14. The average molecular weight is 412 g/mol.